The molecule has 1 aliphatic rings. The number of aliphatic hydroxyl groups excluding tert-OH is 1. The molecule has 1 atom stereocenters. The summed E-state index contributed by atoms with van der Waals surface area (Å²) in [6, 6.07) is 3.34. The van der Waals surface area contributed by atoms with Gasteiger partial charge in [-0.05, 0) is 37.5 Å². The van der Waals surface area contributed by atoms with Gasteiger partial charge in [0.2, 0.25) is 10.0 Å². The number of hydrogen-bond acceptors (Lipinski definition) is 3. The largest absolute Gasteiger partial charge is 0.395 e. The first kappa shape index (κ1) is 13.5. The molecule has 1 aromatic rings. The molecule has 0 bridgehead atoms. The van der Waals surface area contributed by atoms with Crippen molar-refractivity contribution in [3.05, 3.63) is 29.6 Å². The highest BCUT2D eigenvalue weighted by atomic mass is 32.2. The molecule has 2 rings (SSSR count). The summed E-state index contributed by atoms with van der Waals surface area (Å²) in [6.45, 7) is 1.81. The van der Waals surface area contributed by atoms with E-state index < -0.39 is 21.9 Å². The number of hydrogen-bond donors (Lipinski definition) is 1. The summed E-state index contributed by atoms with van der Waals surface area (Å²) >= 11 is 0. The van der Waals surface area contributed by atoms with Crippen LogP contribution in [0, 0.1) is 12.7 Å². The van der Waals surface area contributed by atoms with E-state index in [1.807, 2.05) is 0 Å². The van der Waals surface area contributed by atoms with E-state index in [9.17, 15) is 17.9 Å². The van der Waals surface area contributed by atoms with Crippen LogP contribution in [0.2, 0.25) is 0 Å². The molecule has 6 heteroatoms. The minimum Gasteiger partial charge on any atom is -0.395 e. The number of benzene rings is 1. The van der Waals surface area contributed by atoms with Gasteiger partial charge in [-0.25, -0.2) is 12.8 Å². The molecular formula is C12H16FNO3S. The van der Waals surface area contributed by atoms with E-state index in [2.05, 4.69) is 0 Å². The van der Waals surface area contributed by atoms with E-state index in [-0.39, 0.29) is 11.5 Å². The van der Waals surface area contributed by atoms with Crippen molar-refractivity contribution in [2.75, 3.05) is 13.2 Å². The first-order valence-electron chi connectivity index (χ1n) is 5.85. The van der Waals surface area contributed by atoms with Crippen LogP contribution in [-0.2, 0) is 10.0 Å². The number of sulfonamides is 1. The summed E-state index contributed by atoms with van der Waals surface area (Å²) in [6.07, 6.45) is 1.36. The minimum absolute atomic E-state index is 0.0112. The third kappa shape index (κ3) is 2.28. The first-order valence-corrected chi connectivity index (χ1v) is 7.29. The highest BCUT2D eigenvalue weighted by Gasteiger charge is 2.35. The standard InChI is InChI=1S/C12H16FNO3S/c1-9-4-5-10(13)7-12(9)18(16,17)14-6-2-3-11(14)8-15/h4-5,7,11,15H,2-3,6,8H2,1H3/t11-/m1/s1. The molecule has 0 amide bonds. The molecular weight excluding hydrogens is 257 g/mol. The minimum atomic E-state index is -3.72. The van der Waals surface area contributed by atoms with Crippen molar-refractivity contribution < 1.29 is 17.9 Å². The highest BCUT2D eigenvalue weighted by Crippen LogP contribution is 2.27. The molecule has 1 fully saturated rings. The topological polar surface area (TPSA) is 57.6 Å². The van der Waals surface area contributed by atoms with Crippen molar-refractivity contribution in [2.24, 2.45) is 0 Å². The molecule has 0 spiro atoms. The van der Waals surface area contributed by atoms with Crippen molar-refractivity contribution in [1.29, 1.82) is 0 Å². The molecule has 0 aromatic heterocycles. The average Bonchev–Trinajstić information content (AvgIpc) is 2.81. The molecule has 1 aliphatic heterocycles. The normalized spacial score (nSPS) is 21.4. The monoisotopic (exact) mass is 273 g/mol. The second-order valence-electron chi connectivity index (χ2n) is 4.50. The van der Waals surface area contributed by atoms with Gasteiger partial charge < -0.3 is 5.11 Å². The number of aliphatic hydroxyl groups is 1. The van der Waals surface area contributed by atoms with Crippen LogP contribution in [0.4, 0.5) is 4.39 Å². The lowest BCUT2D eigenvalue weighted by molar-refractivity contribution is 0.213. The zero-order valence-electron chi connectivity index (χ0n) is 10.1. The number of halogens is 1. The lowest BCUT2D eigenvalue weighted by Crippen LogP contribution is -2.37. The van der Waals surface area contributed by atoms with Crippen LogP contribution in [0.15, 0.2) is 23.1 Å². The molecule has 1 heterocycles. The van der Waals surface area contributed by atoms with E-state index in [1.54, 1.807) is 6.92 Å². The predicted molar refractivity (Wildman–Crippen MR) is 65.1 cm³/mol. The maximum absolute atomic E-state index is 13.2. The summed E-state index contributed by atoms with van der Waals surface area (Å²) in [5.41, 5.74) is 0.514. The third-order valence-electron chi connectivity index (χ3n) is 3.27. The van der Waals surface area contributed by atoms with Gasteiger partial charge in [0.1, 0.15) is 5.82 Å². The summed E-state index contributed by atoms with van der Waals surface area (Å²) in [7, 11) is -3.72. The molecule has 0 radical (unpaired) electrons. The quantitative estimate of drug-likeness (QED) is 0.902. The fraction of sp³-hybridized carbons (Fsp3) is 0.500. The molecule has 1 N–H and O–H groups in total. The summed E-state index contributed by atoms with van der Waals surface area (Å²) in [4.78, 5) is -0.0112. The maximum atomic E-state index is 13.2. The van der Waals surface area contributed by atoms with Gasteiger partial charge in [0.05, 0.1) is 11.5 Å². The second-order valence-corrected chi connectivity index (χ2v) is 6.36. The second kappa shape index (κ2) is 4.95. The third-order valence-corrected chi connectivity index (χ3v) is 5.36. The Morgan fingerprint density at radius 1 is 1.50 bits per heavy atom. The zero-order chi connectivity index (χ0) is 13.3. The van der Waals surface area contributed by atoms with E-state index >= 15 is 0 Å². The van der Waals surface area contributed by atoms with Crippen molar-refractivity contribution in [3.8, 4) is 0 Å². The van der Waals surface area contributed by atoms with Gasteiger partial charge in [0.25, 0.3) is 0 Å². The molecule has 100 valence electrons. The molecule has 4 nitrogen and oxygen atoms in total. The highest BCUT2D eigenvalue weighted by molar-refractivity contribution is 7.89. The number of aryl methyl sites for hydroxylation is 1. The van der Waals surface area contributed by atoms with Crippen molar-refractivity contribution in [1.82, 2.24) is 4.31 Å². The molecule has 18 heavy (non-hydrogen) atoms. The van der Waals surface area contributed by atoms with Crippen LogP contribution >= 0.6 is 0 Å². The van der Waals surface area contributed by atoms with Gasteiger partial charge in [0, 0.05) is 12.6 Å². The fourth-order valence-electron chi connectivity index (χ4n) is 2.29. The van der Waals surface area contributed by atoms with Gasteiger partial charge in [-0.2, -0.15) is 4.31 Å². The molecule has 0 aliphatic carbocycles. The van der Waals surface area contributed by atoms with Crippen LogP contribution in [0.3, 0.4) is 0 Å². The summed E-state index contributed by atoms with van der Waals surface area (Å²) in [5, 5.41) is 9.19. The Bertz CT molecular complexity index is 544. The molecule has 1 saturated heterocycles. The number of rotatable bonds is 3. The molecule has 0 unspecified atom stereocenters. The van der Waals surface area contributed by atoms with Crippen LogP contribution < -0.4 is 0 Å². The van der Waals surface area contributed by atoms with Crippen LogP contribution in [0.25, 0.3) is 0 Å². The fourth-order valence-corrected chi connectivity index (χ4v) is 4.21. The van der Waals surface area contributed by atoms with Crippen LogP contribution in [0.1, 0.15) is 18.4 Å². The van der Waals surface area contributed by atoms with E-state index in [1.165, 1.54) is 16.4 Å². The van der Waals surface area contributed by atoms with Crippen molar-refractivity contribution in [3.63, 3.8) is 0 Å². The SMILES string of the molecule is Cc1ccc(F)cc1S(=O)(=O)N1CCC[C@@H]1CO. The van der Waals surface area contributed by atoms with Gasteiger partial charge >= 0.3 is 0 Å². The van der Waals surface area contributed by atoms with Gasteiger partial charge in [-0.15, -0.1) is 0 Å². The first-order chi connectivity index (χ1) is 8.46. The average molecular weight is 273 g/mol. The Morgan fingerprint density at radius 2 is 2.22 bits per heavy atom. The van der Waals surface area contributed by atoms with E-state index in [0.717, 1.165) is 12.5 Å². The van der Waals surface area contributed by atoms with E-state index in [4.69, 9.17) is 0 Å². The Hall–Kier alpha value is -0.980. The Balaban J connectivity index is 2.45. The smallest absolute Gasteiger partial charge is 0.243 e. The van der Waals surface area contributed by atoms with Gasteiger partial charge in [0.15, 0.2) is 0 Å². The van der Waals surface area contributed by atoms with Crippen LogP contribution in [0.5, 0.6) is 0 Å². The molecule has 0 saturated carbocycles. The van der Waals surface area contributed by atoms with Crippen LogP contribution in [-0.4, -0.2) is 37.0 Å². The Morgan fingerprint density at radius 3 is 2.89 bits per heavy atom. The van der Waals surface area contributed by atoms with Crippen molar-refractivity contribution >= 4 is 10.0 Å². The Kier molecular flexibility index (Phi) is 3.70. The van der Waals surface area contributed by atoms with E-state index in [0.29, 0.717) is 18.5 Å². The number of nitrogens with zero attached hydrogens (tertiary/aromatic N) is 1. The lowest BCUT2D eigenvalue weighted by Gasteiger charge is -2.23. The Labute approximate surface area is 106 Å². The molecule has 1 aromatic carbocycles. The van der Waals surface area contributed by atoms with Gasteiger partial charge in [-0.3, -0.25) is 0 Å². The lowest BCUT2D eigenvalue weighted by atomic mass is 10.2. The van der Waals surface area contributed by atoms with Gasteiger partial charge in [-0.1, -0.05) is 6.07 Å². The summed E-state index contributed by atoms with van der Waals surface area (Å²) in [5.74, 6) is -0.570. The van der Waals surface area contributed by atoms with Crippen molar-refractivity contribution in [2.45, 2.75) is 30.7 Å². The summed E-state index contributed by atoms with van der Waals surface area (Å²) < 4.78 is 39.3. The zero-order valence-corrected chi connectivity index (χ0v) is 11.0. The predicted octanol–water partition coefficient (Wildman–Crippen LogP) is 1.28. The maximum Gasteiger partial charge on any atom is 0.243 e.